The summed E-state index contributed by atoms with van der Waals surface area (Å²) in [6.07, 6.45) is 1.01. The first-order chi connectivity index (χ1) is 9.32. The molecular formula is C11H19N3O5S. The zero-order valence-corrected chi connectivity index (χ0v) is 12.2. The Morgan fingerprint density at radius 2 is 1.95 bits per heavy atom. The van der Waals surface area contributed by atoms with Crippen LogP contribution in [-0.2, 0) is 19.8 Å². The largest absolute Gasteiger partial charge is 0.481 e. The molecule has 0 radical (unpaired) electrons. The molecule has 0 saturated carbocycles. The lowest BCUT2D eigenvalue weighted by atomic mass is 10.0. The summed E-state index contributed by atoms with van der Waals surface area (Å²) in [5, 5.41) is 9.01. The van der Waals surface area contributed by atoms with Gasteiger partial charge in [-0.25, -0.2) is 0 Å². The number of carbonyl (C=O) groups excluding carboxylic acids is 1. The molecule has 0 aromatic carbocycles. The Morgan fingerprint density at radius 1 is 1.25 bits per heavy atom. The van der Waals surface area contributed by atoms with Gasteiger partial charge in [-0.3, -0.25) is 9.59 Å². The van der Waals surface area contributed by atoms with Crippen molar-refractivity contribution in [2.75, 3.05) is 39.8 Å². The van der Waals surface area contributed by atoms with Crippen LogP contribution in [0.25, 0.3) is 0 Å². The van der Waals surface area contributed by atoms with Crippen molar-refractivity contribution in [2.45, 2.75) is 12.8 Å². The summed E-state index contributed by atoms with van der Waals surface area (Å²) >= 11 is 0. The van der Waals surface area contributed by atoms with Crippen LogP contribution in [0.5, 0.6) is 0 Å². The van der Waals surface area contributed by atoms with Crippen LogP contribution in [0.3, 0.4) is 0 Å². The van der Waals surface area contributed by atoms with Crippen LogP contribution in [0, 0.1) is 5.92 Å². The molecule has 2 rings (SSSR count). The molecule has 0 aromatic heterocycles. The number of carboxylic acid groups (broad SMARTS) is 1. The fourth-order valence-electron chi connectivity index (χ4n) is 2.45. The Bertz CT molecular complexity index is 506. The van der Waals surface area contributed by atoms with E-state index in [1.54, 1.807) is 7.05 Å². The molecule has 0 spiro atoms. The number of piperidine rings is 1. The van der Waals surface area contributed by atoms with Gasteiger partial charge in [-0.15, -0.1) is 0 Å². The molecule has 8 nitrogen and oxygen atoms in total. The summed E-state index contributed by atoms with van der Waals surface area (Å²) in [4.78, 5) is 24.1. The van der Waals surface area contributed by atoms with E-state index in [0.29, 0.717) is 25.9 Å². The molecule has 1 amide bonds. The molecule has 1 atom stereocenters. The van der Waals surface area contributed by atoms with Crippen LogP contribution in [-0.4, -0.2) is 78.7 Å². The zero-order chi connectivity index (χ0) is 14.9. The van der Waals surface area contributed by atoms with Crippen molar-refractivity contribution in [1.29, 1.82) is 0 Å². The highest BCUT2D eigenvalue weighted by atomic mass is 32.2. The van der Waals surface area contributed by atoms with Crippen molar-refractivity contribution >= 4 is 22.1 Å². The molecule has 2 fully saturated rings. The number of hydrogen-bond donors (Lipinski definition) is 1. The zero-order valence-electron chi connectivity index (χ0n) is 11.4. The van der Waals surface area contributed by atoms with E-state index >= 15 is 0 Å². The molecule has 1 N–H and O–H groups in total. The average Bonchev–Trinajstić information content (AvgIpc) is 2.42. The predicted octanol–water partition coefficient (Wildman–Crippen LogP) is -1.20. The summed E-state index contributed by atoms with van der Waals surface area (Å²) in [6, 6.07) is 0. The number of carboxylic acids is 1. The van der Waals surface area contributed by atoms with Gasteiger partial charge < -0.3 is 10.0 Å². The van der Waals surface area contributed by atoms with Gasteiger partial charge in [-0.05, 0) is 12.8 Å². The van der Waals surface area contributed by atoms with E-state index in [1.165, 1.54) is 9.21 Å². The standard InChI is InChI=1S/C11H19N3O5S/c1-12-5-6-14(8-10(12)15)20(18,19)13-4-2-3-9(7-13)11(16)17/h9H,2-8H2,1H3,(H,16,17). The van der Waals surface area contributed by atoms with Gasteiger partial charge in [0.05, 0.1) is 12.5 Å². The first-order valence-electron chi connectivity index (χ1n) is 6.54. The monoisotopic (exact) mass is 305 g/mol. The Labute approximate surface area is 118 Å². The van der Waals surface area contributed by atoms with Gasteiger partial charge in [0.15, 0.2) is 0 Å². The number of piperazine rings is 1. The van der Waals surface area contributed by atoms with Gasteiger partial charge in [-0.2, -0.15) is 17.0 Å². The van der Waals surface area contributed by atoms with Crippen molar-refractivity contribution < 1.29 is 23.1 Å². The summed E-state index contributed by atoms with van der Waals surface area (Å²) in [5.41, 5.74) is 0. The average molecular weight is 305 g/mol. The third-order valence-electron chi connectivity index (χ3n) is 3.81. The van der Waals surface area contributed by atoms with Gasteiger partial charge in [0, 0.05) is 33.2 Å². The number of likely N-dealkylation sites (N-methyl/N-ethyl adjacent to an activating group) is 1. The minimum Gasteiger partial charge on any atom is -0.481 e. The van der Waals surface area contributed by atoms with E-state index < -0.39 is 22.1 Å². The predicted molar refractivity (Wildman–Crippen MR) is 70.1 cm³/mol. The normalized spacial score (nSPS) is 26.8. The first-order valence-corrected chi connectivity index (χ1v) is 7.94. The Balaban J connectivity index is 2.10. The third kappa shape index (κ3) is 2.94. The highest BCUT2D eigenvalue weighted by Crippen LogP contribution is 2.22. The molecule has 2 aliphatic heterocycles. The van der Waals surface area contributed by atoms with Gasteiger partial charge in [0.1, 0.15) is 0 Å². The molecule has 0 aliphatic carbocycles. The number of nitrogens with zero attached hydrogens (tertiary/aromatic N) is 3. The first kappa shape index (κ1) is 15.2. The highest BCUT2D eigenvalue weighted by Gasteiger charge is 2.38. The van der Waals surface area contributed by atoms with E-state index in [2.05, 4.69) is 0 Å². The molecule has 2 aliphatic rings. The molecular weight excluding hydrogens is 286 g/mol. The van der Waals surface area contributed by atoms with Gasteiger partial charge in [-0.1, -0.05) is 0 Å². The molecule has 9 heteroatoms. The van der Waals surface area contributed by atoms with Crippen LogP contribution in [0.4, 0.5) is 0 Å². The van der Waals surface area contributed by atoms with Crippen molar-refractivity contribution in [3.8, 4) is 0 Å². The van der Waals surface area contributed by atoms with E-state index in [1.807, 2.05) is 0 Å². The van der Waals surface area contributed by atoms with Crippen LogP contribution in [0.1, 0.15) is 12.8 Å². The fraction of sp³-hybridized carbons (Fsp3) is 0.818. The van der Waals surface area contributed by atoms with Crippen LogP contribution < -0.4 is 0 Å². The van der Waals surface area contributed by atoms with Crippen molar-refractivity contribution in [1.82, 2.24) is 13.5 Å². The lowest BCUT2D eigenvalue weighted by Gasteiger charge is -2.37. The number of carbonyl (C=O) groups is 2. The van der Waals surface area contributed by atoms with Crippen molar-refractivity contribution in [3.05, 3.63) is 0 Å². The molecule has 1 unspecified atom stereocenters. The molecule has 20 heavy (non-hydrogen) atoms. The number of rotatable bonds is 3. The SMILES string of the molecule is CN1CCN(S(=O)(=O)N2CCCC(C(=O)O)C2)CC1=O. The lowest BCUT2D eigenvalue weighted by Crippen LogP contribution is -2.56. The van der Waals surface area contributed by atoms with Crippen LogP contribution >= 0.6 is 0 Å². The molecule has 114 valence electrons. The Hall–Kier alpha value is -1.19. The highest BCUT2D eigenvalue weighted by molar-refractivity contribution is 7.86. The van der Waals surface area contributed by atoms with Gasteiger partial charge in [0.25, 0.3) is 10.2 Å². The van der Waals surface area contributed by atoms with Crippen molar-refractivity contribution in [2.24, 2.45) is 5.92 Å². The van der Waals surface area contributed by atoms with Crippen LogP contribution in [0.15, 0.2) is 0 Å². The van der Waals surface area contributed by atoms with E-state index in [0.717, 1.165) is 4.31 Å². The van der Waals surface area contributed by atoms with E-state index in [4.69, 9.17) is 5.11 Å². The van der Waals surface area contributed by atoms with Gasteiger partial charge >= 0.3 is 5.97 Å². The van der Waals surface area contributed by atoms with E-state index in [9.17, 15) is 18.0 Å². The maximum atomic E-state index is 12.4. The van der Waals surface area contributed by atoms with Gasteiger partial charge in [0.2, 0.25) is 5.91 Å². The minimum atomic E-state index is -3.75. The molecule has 2 heterocycles. The summed E-state index contributed by atoms with van der Waals surface area (Å²) in [7, 11) is -2.12. The second-order valence-corrected chi connectivity index (χ2v) is 7.12. The second kappa shape index (κ2) is 5.66. The summed E-state index contributed by atoms with van der Waals surface area (Å²) in [6.45, 7) is 0.727. The minimum absolute atomic E-state index is 0.0157. The third-order valence-corrected chi connectivity index (χ3v) is 5.76. The topological polar surface area (TPSA) is 98.2 Å². The van der Waals surface area contributed by atoms with Crippen molar-refractivity contribution in [3.63, 3.8) is 0 Å². The van der Waals surface area contributed by atoms with Crippen LogP contribution in [0.2, 0.25) is 0 Å². The van der Waals surface area contributed by atoms with E-state index in [-0.39, 0.29) is 25.5 Å². The summed E-state index contributed by atoms with van der Waals surface area (Å²) in [5.74, 6) is -1.88. The Morgan fingerprint density at radius 3 is 2.55 bits per heavy atom. The summed E-state index contributed by atoms with van der Waals surface area (Å²) < 4.78 is 27.2. The molecule has 2 saturated heterocycles. The number of hydrogen-bond acceptors (Lipinski definition) is 4. The Kier molecular flexibility index (Phi) is 4.31. The maximum Gasteiger partial charge on any atom is 0.307 e. The molecule has 0 aromatic rings. The molecule has 0 bridgehead atoms. The maximum absolute atomic E-state index is 12.4. The number of amides is 1. The second-order valence-electron chi connectivity index (χ2n) is 5.19. The number of aliphatic carboxylic acids is 1. The smallest absolute Gasteiger partial charge is 0.307 e. The lowest BCUT2D eigenvalue weighted by molar-refractivity contribution is -0.143. The quantitative estimate of drug-likeness (QED) is 0.706. The fourth-order valence-corrected chi connectivity index (χ4v) is 4.09.